The number of carbonyl (C=O) groups is 1. The largest absolute Gasteiger partial charge is 0.476 e. The lowest BCUT2D eigenvalue weighted by molar-refractivity contribution is 0.0687. The number of nitrogens with one attached hydrogen (secondary N) is 2. The molecule has 0 atom stereocenters. The number of anilines is 1. The number of nitrogens with zero attached hydrogens (tertiary/aromatic N) is 1. The van der Waals surface area contributed by atoms with Crippen molar-refractivity contribution in [2.75, 3.05) is 11.8 Å². The minimum absolute atomic E-state index is 0.311. The number of para-hydroxylation sites is 1. The van der Waals surface area contributed by atoms with E-state index in [9.17, 15) is 13.2 Å². The van der Waals surface area contributed by atoms with E-state index < -0.39 is 21.7 Å². The molecule has 0 saturated heterocycles. The minimum Gasteiger partial charge on any atom is -0.476 e. The lowest BCUT2D eigenvalue weighted by Crippen LogP contribution is -2.17. The molecule has 0 spiro atoms. The van der Waals surface area contributed by atoms with Crippen molar-refractivity contribution >= 4 is 33.0 Å². The fourth-order valence-electron chi connectivity index (χ4n) is 1.72. The summed E-state index contributed by atoms with van der Waals surface area (Å²) in [6, 6.07) is 6.88. The molecule has 0 aliphatic carbocycles. The molecule has 0 aliphatic rings. The molecule has 7 nitrogen and oxygen atoms in total. The summed E-state index contributed by atoms with van der Waals surface area (Å²) in [7, 11) is -2.24. The lowest BCUT2D eigenvalue weighted by atomic mass is 10.2. The quantitative estimate of drug-likeness (QED) is 0.739. The maximum absolute atomic E-state index is 12.3. The van der Waals surface area contributed by atoms with Gasteiger partial charge in [0.05, 0.1) is 11.2 Å². The van der Waals surface area contributed by atoms with Gasteiger partial charge in [0.2, 0.25) is 0 Å². The van der Waals surface area contributed by atoms with Crippen LogP contribution in [0.25, 0.3) is 0 Å². The highest BCUT2D eigenvalue weighted by Crippen LogP contribution is 2.25. The Kier molecular flexibility index (Phi) is 4.56. The van der Waals surface area contributed by atoms with Crippen LogP contribution in [0.4, 0.5) is 5.69 Å². The van der Waals surface area contributed by atoms with Crippen LogP contribution < -0.4 is 10.0 Å². The molecule has 0 aliphatic heterocycles. The minimum atomic E-state index is -3.99. The second-order valence-electron chi connectivity index (χ2n) is 4.09. The number of carboxylic acids is 1. The highest BCUT2D eigenvalue weighted by atomic mass is 32.2. The van der Waals surface area contributed by atoms with Crippen LogP contribution >= 0.6 is 11.3 Å². The van der Waals surface area contributed by atoms with Crippen LogP contribution in [0.5, 0.6) is 0 Å². The van der Waals surface area contributed by atoms with E-state index in [1.54, 1.807) is 31.3 Å². The predicted molar refractivity (Wildman–Crippen MR) is 79.1 cm³/mol. The van der Waals surface area contributed by atoms with Crippen LogP contribution in [0.2, 0.25) is 0 Å². The van der Waals surface area contributed by atoms with Gasteiger partial charge in [-0.15, -0.1) is 11.3 Å². The molecule has 9 heteroatoms. The average Bonchev–Trinajstić information content (AvgIpc) is 2.91. The summed E-state index contributed by atoms with van der Waals surface area (Å²) in [5.74, 6) is -1.37. The summed E-state index contributed by atoms with van der Waals surface area (Å²) in [6.07, 6.45) is 0. The molecule has 2 aromatic rings. The molecule has 0 radical (unpaired) electrons. The number of hydrogen-bond donors (Lipinski definition) is 3. The Balaban J connectivity index is 2.38. The lowest BCUT2D eigenvalue weighted by Gasteiger charge is -2.11. The summed E-state index contributed by atoms with van der Waals surface area (Å²) < 4.78 is 26.7. The molecular formula is C12H13N3O4S2. The van der Waals surface area contributed by atoms with Crippen molar-refractivity contribution in [1.29, 1.82) is 0 Å². The number of rotatable bonds is 6. The van der Waals surface area contributed by atoms with Gasteiger partial charge in [0.15, 0.2) is 9.90 Å². The number of sulfonamides is 1. The Morgan fingerprint density at radius 1 is 1.38 bits per heavy atom. The molecule has 112 valence electrons. The average molecular weight is 327 g/mol. The zero-order valence-electron chi connectivity index (χ0n) is 11.0. The maximum Gasteiger partial charge on any atom is 0.356 e. The predicted octanol–water partition coefficient (Wildman–Crippen LogP) is 1.36. The van der Waals surface area contributed by atoms with Crippen LogP contribution in [0.15, 0.2) is 34.0 Å². The molecule has 0 bridgehead atoms. The van der Waals surface area contributed by atoms with E-state index in [4.69, 9.17) is 5.11 Å². The second-order valence-corrected chi connectivity index (χ2v) is 6.82. The van der Waals surface area contributed by atoms with Gasteiger partial charge in [-0.1, -0.05) is 18.2 Å². The zero-order valence-corrected chi connectivity index (χ0v) is 12.7. The van der Waals surface area contributed by atoms with Gasteiger partial charge in [-0.05, 0) is 18.7 Å². The topological polar surface area (TPSA) is 108 Å². The Morgan fingerprint density at radius 2 is 2.10 bits per heavy atom. The van der Waals surface area contributed by atoms with E-state index in [1.807, 2.05) is 0 Å². The van der Waals surface area contributed by atoms with Gasteiger partial charge in [0, 0.05) is 6.54 Å². The van der Waals surface area contributed by atoms with Crippen LogP contribution in [0, 0.1) is 0 Å². The van der Waals surface area contributed by atoms with Gasteiger partial charge < -0.3 is 10.4 Å². The van der Waals surface area contributed by atoms with Gasteiger partial charge in [0.1, 0.15) is 0 Å². The summed E-state index contributed by atoms with van der Waals surface area (Å²) in [4.78, 5) is 14.6. The molecule has 21 heavy (non-hydrogen) atoms. The van der Waals surface area contributed by atoms with E-state index in [0.717, 1.165) is 16.9 Å². The fourth-order valence-corrected chi connectivity index (χ4v) is 3.97. The number of thiazole rings is 1. The van der Waals surface area contributed by atoms with Crippen molar-refractivity contribution in [3.8, 4) is 0 Å². The molecule has 1 aromatic carbocycles. The molecule has 0 fully saturated rings. The summed E-state index contributed by atoms with van der Waals surface area (Å²) >= 11 is 0.765. The fraction of sp³-hybridized carbons (Fsp3) is 0.167. The third-order valence-electron chi connectivity index (χ3n) is 2.61. The normalized spacial score (nSPS) is 11.3. The molecule has 1 aromatic heterocycles. The monoisotopic (exact) mass is 327 g/mol. The first kappa shape index (κ1) is 15.4. The molecule has 0 unspecified atom stereocenters. The molecule has 2 rings (SSSR count). The standard InChI is InChI=1S/C12H13N3O4S2/c1-13-6-8-4-2-3-5-9(8)15-21(18,19)12-10(11(16)17)14-7-20-12/h2-5,7,13,15H,6H2,1H3,(H,16,17). The molecule has 3 N–H and O–H groups in total. The first-order valence-corrected chi connectivity index (χ1v) is 8.24. The van der Waals surface area contributed by atoms with Crippen LogP contribution in [-0.4, -0.2) is 31.5 Å². The zero-order chi connectivity index (χ0) is 15.5. The number of hydrogen-bond acceptors (Lipinski definition) is 6. The first-order valence-electron chi connectivity index (χ1n) is 5.88. The van der Waals surface area contributed by atoms with Gasteiger partial charge in [-0.2, -0.15) is 0 Å². The maximum atomic E-state index is 12.3. The Morgan fingerprint density at radius 3 is 2.76 bits per heavy atom. The first-order chi connectivity index (χ1) is 9.95. The highest BCUT2D eigenvalue weighted by Gasteiger charge is 2.26. The Hall–Kier alpha value is -1.97. The number of aromatic nitrogens is 1. The smallest absolute Gasteiger partial charge is 0.356 e. The summed E-state index contributed by atoms with van der Waals surface area (Å²) in [6.45, 7) is 0.479. The van der Waals surface area contributed by atoms with Crippen molar-refractivity contribution in [3.63, 3.8) is 0 Å². The molecule has 0 saturated carbocycles. The van der Waals surface area contributed by atoms with Crippen LogP contribution in [0.3, 0.4) is 0 Å². The summed E-state index contributed by atoms with van der Waals surface area (Å²) in [5.41, 5.74) is 1.87. The molecular weight excluding hydrogens is 314 g/mol. The van der Waals surface area contributed by atoms with Crippen molar-refractivity contribution in [1.82, 2.24) is 10.3 Å². The van der Waals surface area contributed by atoms with E-state index >= 15 is 0 Å². The van der Waals surface area contributed by atoms with Gasteiger partial charge in [-0.25, -0.2) is 18.2 Å². The summed E-state index contributed by atoms with van der Waals surface area (Å²) in [5, 5.41) is 11.9. The second kappa shape index (κ2) is 6.20. The van der Waals surface area contributed by atoms with Crippen molar-refractivity contribution in [2.45, 2.75) is 10.8 Å². The van der Waals surface area contributed by atoms with Crippen molar-refractivity contribution < 1.29 is 18.3 Å². The Labute approximate surface area is 125 Å². The van der Waals surface area contributed by atoms with E-state index in [-0.39, 0.29) is 4.21 Å². The Bertz CT molecular complexity index is 755. The van der Waals surface area contributed by atoms with Crippen molar-refractivity contribution in [2.24, 2.45) is 0 Å². The van der Waals surface area contributed by atoms with Gasteiger partial charge in [-0.3, -0.25) is 4.72 Å². The van der Waals surface area contributed by atoms with Gasteiger partial charge >= 0.3 is 5.97 Å². The SMILES string of the molecule is CNCc1ccccc1NS(=O)(=O)c1scnc1C(=O)O. The highest BCUT2D eigenvalue weighted by molar-refractivity contribution is 7.94. The number of benzene rings is 1. The van der Waals surface area contributed by atoms with Gasteiger partial charge in [0.25, 0.3) is 10.0 Å². The van der Waals surface area contributed by atoms with Crippen LogP contribution in [-0.2, 0) is 16.6 Å². The number of carboxylic acid groups (broad SMARTS) is 1. The third-order valence-corrected chi connectivity index (χ3v) is 5.35. The van der Waals surface area contributed by atoms with E-state index in [1.165, 1.54) is 5.51 Å². The van der Waals surface area contributed by atoms with E-state index in [2.05, 4.69) is 15.0 Å². The number of aromatic carboxylic acids is 1. The van der Waals surface area contributed by atoms with Crippen molar-refractivity contribution in [3.05, 3.63) is 41.0 Å². The van der Waals surface area contributed by atoms with E-state index in [0.29, 0.717) is 12.2 Å². The molecule has 0 amide bonds. The van der Waals surface area contributed by atoms with Crippen LogP contribution in [0.1, 0.15) is 16.1 Å². The molecule has 1 heterocycles. The third kappa shape index (κ3) is 3.38.